The number of carbonyl (C=O) groups is 3. The maximum Gasteiger partial charge on any atom is 0.303 e. The van der Waals surface area contributed by atoms with Crippen molar-refractivity contribution in [3.05, 3.63) is 12.4 Å². The lowest BCUT2D eigenvalue weighted by Gasteiger charge is -2.24. The van der Waals surface area contributed by atoms with Crippen molar-refractivity contribution < 1.29 is 19.5 Å². The lowest BCUT2D eigenvalue weighted by Crippen LogP contribution is -2.40. The Balaban J connectivity index is 1.73. The molecule has 2 amide bonds. The molecule has 2 atom stereocenters. The first-order chi connectivity index (χ1) is 10.5. The molecule has 0 bridgehead atoms. The fourth-order valence-corrected chi connectivity index (χ4v) is 3.38. The molecule has 118 valence electrons. The Morgan fingerprint density at radius 1 is 1.36 bits per heavy atom. The number of hydrogen-bond acceptors (Lipinski definition) is 4. The lowest BCUT2D eigenvalue weighted by atomic mass is 10.1. The Hall–Kier alpha value is -2.38. The minimum Gasteiger partial charge on any atom is -0.481 e. The summed E-state index contributed by atoms with van der Waals surface area (Å²) in [6.07, 6.45) is 4.25. The molecule has 22 heavy (non-hydrogen) atoms. The molecule has 0 aliphatic carbocycles. The van der Waals surface area contributed by atoms with Crippen molar-refractivity contribution in [2.75, 3.05) is 11.4 Å². The van der Waals surface area contributed by atoms with Crippen LogP contribution in [-0.2, 0) is 21.4 Å². The van der Waals surface area contributed by atoms with Gasteiger partial charge in [0.15, 0.2) is 0 Å². The molecule has 3 heterocycles. The van der Waals surface area contributed by atoms with Crippen LogP contribution in [0.3, 0.4) is 0 Å². The summed E-state index contributed by atoms with van der Waals surface area (Å²) in [5.41, 5.74) is 0.750. The molecule has 0 radical (unpaired) electrons. The van der Waals surface area contributed by atoms with Crippen molar-refractivity contribution >= 4 is 23.5 Å². The molecule has 1 N–H and O–H groups in total. The van der Waals surface area contributed by atoms with Crippen molar-refractivity contribution in [2.24, 2.45) is 7.05 Å². The summed E-state index contributed by atoms with van der Waals surface area (Å²) in [5.74, 6) is -1.18. The van der Waals surface area contributed by atoms with Gasteiger partial charge in [0.05, 0.1) is 30.4 Å². The number of aliphatic carboxylic acids is 1. The molecule has 2 aliphatic rings. The van der Waals surface area contributed by atoms with E-state index >= 15 is 0 Å². The third-order valence-electron chi connectivity index (χ3n) is 4.34. The first-order valence-corrected chi connectivity index (χ1v) is 7.29. The van der Waals surface area contributed by atoms with Crippen LogP contribution in [0.2, 0.25) is 0 Å². The van der Waals surface area contributed by atoms with Crippen LogP contribution in [0.5, 0.6) is 0 Å². The molecule has 2 aliphatic heterocycles. The van der Waals surface area contributed by atoms with Gasteiger partial charge >= 0.3 is 5.97 Å². The molecule has 0 aromatic carbocycles. The Morgan fingerprint density at radius 3 is 2.77 bits per heavy atom. The number of likely N-dealkylation sites (tertiary alicyclic amines) is 1. The zero-order chi connectivity index (χ0) is 15.9. The van der Waals surface area contributed by atoms with Crippen molar-refractivity contribution in [3.8, 4) is 0 Å². The van der Waals surface area contributed by atoms with E-state index in [-0.39, 0.29) is 36.7 Å². The first-order valence-electron chi connectivity index (χ1n) is 7.29. The van der Waals surface area contributed by atoms with Crippen molar-refractivity contribution in [3.63, 3.8) is 0 Å². The zero-order valence-electron chi connectivity index (χ0n) is 12.3. The van der Waals surface area contributed by atoms with E-state index in [2.05, 4.69) is 5.10 Å². The number of nitrogens with zero attached hydrogens (tertiary/aromatic N) is 4. The van der Waals surface area contributed by atoms with E-state index in [1.165, 1.54) is 0 Å². The fourth-order valence-electron chi connectivity index (χ4n) is 3.38. The van der Waals surface area contributed by atoms with Crippen LogP contribution in [0.4, 0.5) is 5.69 Å². The highest BCUT2D eigenvalue weighted by molar-refractivity contribution is 5.98. The topological polar surface area (TPSA) is 95.7 Å². The highest BCUT2D eigenvalue weighted by Gasteiger charge is 2.48. The summed E-state index contributed by atoms with van der Waals surface area (Å²) in [5, 5.41) is 12.8. The van der Waals surface area contributed by atoms with Gasteiger partial charge in [0, 0.05) is 32.6 Å². The van der Waals surface area contributed by atoms with E-state index in [1.807, 2.05) is 0 Å². The molecular formula is C14H18N4O4. The second-order valence-corrected chi connectivity index (χ2v) is 5.74. The molecule has 2 saturated heterocycles. The fraction of sp³-hybridized carbons (Fsp3) is 0.571. The molecule has 1 aromatic heterocycles. The zero-order valence-corrected chi connectivity index (χ0v) is 12.3. The number of hydrogen-bond donors (Lipinski definition) is 1. The molecule has 0 spiro atoms. The lowest BCUT2D eigenvalue weighted by molar-refractivity contribution is -0.141. The number of fused-ring (bicyclic) bond motifs is 1. The van der Waals surface area contributed by atoms with Gasteiger partial charge in [0.25, 0.3) is 0 Å². The van der Waals surface area contributed by atoms with E-state index in [4.69, 9.17) is 5.11 Å². The molecule has 1 aromatic rings. The Bertz CT molecular complexity index is 626. The van der Waals surface area contributed by atoms with Crippen molar-refractivity contribution in [2.45, 2.75) is 37.8 Å². The number of amides is 2. The van der Waals surface area contributed by atoms with Gasteiger partial charge in [-0.25, -0.2) is 0 Å². The predicted molar refractivity (Wildman–Crippen MR) is 76.1 cm³/mol. The largest absolute Gasteiger partial charge is 0.481 e. The van der Waals surface area contributed by atoms with E-state index in [1.54, 1.807) is 33.9 Å². The standard InChI is InChI=1S/C14H18N4O4/c1-16-8-9(7-15-16)18-10-4-5-17(11(10)6-13(18)20)12(19)2-3-14(21)22/h7-8,10-11H,2-6H2,1H3,(H,21,22). The Kier molecular flexibility index (Phi) is 3.59. The summed E-state index contributed by atoms with van der Waals surface area (Å²) in [6, 6.07) is -0.195. The van der Waals surface area contributed by atoms with Crippen molar-refractivity contribution in [1.82, 2.24) is 14.7 Å². The third-order valence-corrected chi connectivity index (χ3v) is 4.34. The summed E-state index contributed by atoms with van der Waals surface area (Å²) < 4.78 is 1.64. The molecule has 0 saturated carbocycles. The van der Waals surface area contributed by atoms with Gasteiger partial charge in [-0.15, -0.1) is 0 Å². The van der Waals surface area contributed by atoms with Gasteiger partial charge < -0.3 is 14.9 Å². The molecular weight excluding hydrogens is 288 g/mol. The maximum atomic E-state index is 12.3. The van der Waals surface area contributed by atoms with Crippen LogP contribution in [0, 0.1) is 0 Å². The minimum atomic E-state index is -0.983. The molecule has 8 heteroatoms. The van der Waals surface area contributed by atoms with Gasteiger partial charge in [-0.3, -0.25) is 19.1 Å². The second-order valence-electron chi connectivity index (χ2n) is 5.74. The number of anilines is 1. The number of aryl methyl sites for hydroxylation is 1. The van der Waals surface area contributed by atoms with Crippen LogP contribution in [-0.4, -0.2) is 56.2 Å². The maximum absolute atomic E-state index is 12.3. The summed E-state index contributed by atoms with van der Waals surface area (Å²) in [7, 11) is 1.79. The van der Waals surface area contributed by atoms with Gasteiger partial charge in [-0.05, 0) is 6.42 Å². The van der Waals surface area contributed by atoms with Crippen LogP contribution in [0.15, 0.2) is 12.4 Å². The number of carboxylic acid groups (broad SMARTS) is 1. The number of aromatic nitrogens is 2. The number of rotatable bonds is 4. The molecule has 2 unspecified atom stereocenters. The monoisotopic (exact) mass is 306 g/mol. The number of carboxylic acids is 1. The van der Waals surface area contributed by atoms with E-state index < -0.39 is 5.97 Å². The SMILES string of the molecule is Cn1cc(N2C(=O)CC3C2CCN3C(=O)CCC(=O)O)cn1. The van der Waals surface area contributed by atoms with Crippen LogP contribution < -0.4 is 4.90 Å². The predicted octanol–water partition coefficient (Wildman–Crippen LogP) is -0.00890. The molecule has 8 nitrogen and oxygen atoms in total. The van der Waals surface area contributed by atoms with E-state index in [0.29, 0.717) is 19.4 Å². The quantitative estimate of drug-likeness (QED) is 0.844. The van der Waals surface area contributed by atoms with Gasteiger partial charge in [0.2, 0.25) is 11.8 Å². The van der Waals surface area contributed by atoms with Gasteiger partial charge in [-0.2, -0.15) is 5.10 Å². The smallest absolute Gasteiger partial charge is 0.303 e. The highest BCUT2D eigenvalue weighted by atomic mass is 16.4. The first kappa shape index (κ1) is 14.6. The van der Waals surface area contributed by atoms with E-state index in [9.17, 15) is 14.4 Å². The summed E-state index contributed by atoms with van der Waals surface area (Å²) in [4.78, 5) is 38.4. The average molecular weight is 306 g/mol. The minimum absolute atomic E-state index is 0.0142. The van der Waals surface area contributed by atoms with Crippen LogP contribution >= 0.6 is 0 Å². The molecule has 2 fully saturated rings. The summed E-state index contributed by atoms with van der Waals surface area (Å²) in [6.45, 7) is 0.567. The van der Waals surface area contributed by atoms with Crippen LogP contribution in [0.1, 0.15) is 25.7 Å². The normalized spacial score (nSPS) is 24.0. The summed E-state index contributed by atoms with van der Waals surface area (Å²) >= 11 is 0. The highest BCUT2D eigenvalue weighted by Crippen LogP contribution is 2.36. The second kappa shape index (κ2) is 5.43. The molecule has 3 rings (SSSR count). The van der Waals surface area contributed by atoms with E-state index in [0.717, 1.165) is 5.69 Å². The van der Waals surface area contributed by atoms with Gasteiger partial charge in [0.1, 0.15) is 0 Å². The third kappa shape index (κ3) is 2.44. The Labute approximate surface area is 127 Å². The number of carbonyl (C=O) groups excluding carboxylic acids is 2. The van der Waals surface area contributed by atoms with Gasteiger partial charge in [-0.1, -0.05) is 0 Å². The Morgan fingerprint density at radius 2 is 2.14 bits per heavy atom. The average Bonchev–Trinajstić information content (AvgIpc) is 3.11. The van der Waals surface area contributed by atoms with Crippen LogP contribution in [0.25, 0.3) is 0 Å². The van der Waals surface area contributed by atoms with Crippen molar-refractivity contribution in [1.29, 1.82) is 0 Å².